The first-order valence-corrected chi connectivity index (χ1v) is 11.8. The van der Waals surface area contributed by atoms with E-state index in [9.17, 15) is 0 Å². The van der Waals surface area contributed by atoms with Crippen molar-refractivity contribution in [2.45, 2.75) is 57.2 Å². The molecule has 0 N–H and O–H groups in total. The van der Waals surface area contributed by atoms with Crippen LogP contribution in [0.2, 0.25) is 5.02 Å². The quantitative estimate of drug-likeness (QED) is 0.744. The van der Waals surface area contributed by atoms with Gasteiger partial charge in [0, 0.05) is 61.2 Å². The zero-order chi connectivity index (χ0) is 20.5. The Kier molecular flexibility index (Phi) is 5.94. The maximum Gasteiger partial charge on any atom is 0.225 e. The lowest BCUT2D eigenvalue weighted by Crippen LogP contribution is -2.61. The van der Waals surface area contributed by atoms with Crippen LogP contribution in [0.15, 0.2) is 36.5 Å². The average molecular weight is 426 g/mol. The van der Waals surface area contributed by atoms with Gasteiger partial charge in [0.15, 0.2) is 0 Å². The van der Waals surface area contributed by atoms with Gasteiger partial charge in [0.1, 0.15) is 0 Å². The van der Waals surface area contributed by atoms with Gasteiger partial charge >= 0.3 is 0 Å². The molecule has 5 nitrogen and oxygen atoms in total. The van der Waals surface area contributed by atoms with Crippen molar-refractivity contribution in [3.63, 3.8) is 0 Å². The Bertz CT molecular complexity index is 849. The number of fused-ring (bicyclic) bond motifs is 1. The molecule has 0 aliphatic carbocycles. The van der Waals surface area contributed by atoms with Crippen LogP contribution in [-0.4, -0.2) is 70.6 Å². The van der Waals surface area contributed by atoms with Crippen LogP contribution in [0.25, 0.3) is 0 Å². The summed E-state index contributed by atoms with van der Waals surface area (Å²) in [6.07, 6.45) is 8.10. The summed E-state index contributed by atoms with van der Waals surface area (Å²) in [6.45, 7) is 7.84. The number of benzene rings is 1. The highest BCUT2D eigenvalue weighted by atomic mass is 35.5. The Morgan fingerprint density at radius 3 is 2.53 bits per heavy atom. The minimum atomic E-state index is 0.590. The third-order valence-electron chi connectivity index (χ3n) is 7.22. The summed E-state index contributed by atoms with van der Waals surface area (Å²) < 4.78 is 0. The summed E-state index contributed by atoms with van der Waals surface area (Å²) in [6, 6.07) is 12.4. The fourth-order valence-corrected chi connectivity index (χ4v) is 5.74. The summed E-state index contributed by atoms with van der Waals surface area (Å²) in [7, 11) is 0. The van der Waals surface area contributed by atoms with Gasteiger partial charge in [0.25, 0.3) is 0 Å². The van der Waals surface area contributed by atoms with Crippen LogP contribution in [0.5, 0.6) is 0 Å². The smallest absolute Gasteiger partial charge is 0.225 e. The molecule has 0 spiro atoms. The molecule has 3 saturated heterocycles. The van der Waals surface area contributed by atoms with E-state index in [4.69, 9.17) is 11.6 Å². The zero-order valence-electron chi connectivity index (χ0n) is 17.9. The molecule has 160 valence electrons. The van der Waals surface area contributed by atoms with E-state index in [1.54, 1.807) is 0 Å². The Hall–Kier alpha value is -1.69. The van der Waals surface area contributed by atoms with Gasteiger partial charge in [-0.3, -0.25) is 9.80 Å². The number of hydrogen-bond donors (Lipinski definition) is 0. The van der Waals surface area contributed by atoms with E-state index in [2.05, 4.69) is 36.8 Å². The molecule has 0 amide bonds. The second kappa shape index (κ2) is 8.81. The second-order valence-corrected chi connectivity index (χ2v) is 9.62. The van der Waals surface area contributed by atoms with E-state index < -0.39 is 0 Å². The molecule has 0 bridgehead atoms. The first-order chi connectivity index (χ1) is 14.7. The summed E-state index contributed by atoms with van der Waals surface area (Å²) in [5.74, 6) is 0.895. The maximum atomic E-state index is 6.12. The SMILES string of the molecule is Cc1ccnc(N2CCC(N3C[C@@H]4CCCN4C[C@@H]3Cc3ccc(Cl)cc3)CC2)n1. The van der Waals surface area contributed by atoms with Crippen LogP contribution >= 0.6 is 11.6 Å². The molecule has 3 fully saturated rings. The lowest BCUT2D eigenvalue weighted by atomic mass is 9.94. The molecule has 3 aliphatic rings. The van der Waals surface area contributed by atoms with Crippen LogP contribution in [0.1, 0.15) is 36.9 Å². The van der Waals surface area contributed by atoms with Gasteiger partial charge in [-0.25, -0.2) is 9.97 Å². The van der Waals surface area contributed by atoms with Crippen molar-refractivity contribution < 1.29 is 0 Å². The largest absolute Gasteiger partial charge is 0.341 e. The summed E-state index contributed by atoms with van der Waals surface area (Å²) in [5, 5.41) is 0.824. The van der Waals surface area contributed by atoms with Gasteiger partial charge in [-0.1, -0.05) is 23.7 Å². The van der Waals surface area contributed by atoms with Gasteiger partial charge in [0.2, 0.25) is 5.95 Å². The van der Waals surface area contributed by atoms with Gasteiger partial charge < -0.3 is 4.90 Å². The highest BCUT2D eigenvalue weighted by Gasteiger charge is 2.40. The van der Waals surface area contributed by atoms with Crippen molar-refractivity contribution in [1.82, 2.24) is 19.8 Å². The second-order valence-electron chi connectivity index (χ2n) is 9.19. The fraction of sp³-hybridized carbons (Fsp3) is 0.583. The van der Waals surface area contributed by atoms with Crippen LogP contribution in [-0.2, 0) is 6.42 Å². The molecular formula is C24H32ClN5. The molecule has 0 unspecified atom stereocenters. The average Bonchev–Trinajstić information content (AvgIpc) is 3.22. The number of aromatic nitrogens is 2. The third-order valence-corrected chi connectivity index (χ3v) is 7.47. The number of piperidine rings is 1. The van der Waals surface area contributed by atoms with Gasteiger partial charge in [0.05, 0.1) is 0 Å². The van der Waals surface area contributed by atoms with Crippen LogP contribution in [0.3, 0.4) is 0 Å². The summed E-state index contributed by atoms with van der Waals surface area (Å²) >= 11 is 6.12. The van der Waals surface area contributed by atoms with Crippen molar-refractivity contribution in [1.29, 1.82) is 0 Å². The highest BCUT2D eigenvalue weighted by molar-refractivity contribution is 6.30. The van der Waals surface area contributed by atoms with E-state index in [1.165, 1.54) is 50.9 Å². The van der Waals surface area contributed by atoms with E-state index in [1.807, 2.05) is 31.3 Å². The topological polar surface area (TPSA) is 35.5 Å². The van der Waals surface area contributed by atoms with Crippen LogP contribution < -0.4 is 4.90 Å². The molecule has 1 aromatic carbocycles. The number of aryl methyl sites for hydroxylation is 1. The van der Waals surface area contributed by atoms with Gasteiger partial charge in [-0.2, -0.15) is 0 Å². The van der Waals surface area contributed by atoms with Crippen molar-refractivity contribution in [3.8, 4) is 0 Å². The van der Waals surface area contributed by atoms with Crippen LogP contribution in [0, 0.1) is 6.92 Å². The van der Waals surface area contributed by atoms with E-state index in [0.717, 1.165) is 42.2 Å². The van der Waals surface area contributed by atoms with Crippen molar-refractivity contribution in [2.75, 3.05) is 37.6 Å². The van der Waals surface area contributed by atoms with Crippen molar-refractivity contribution >= 4 is 17.5 Å². The molecule has 6 heteroatoms. The van der Waals surface area contributed by atoms with E-state index >= 15 is 0 Å². The van der Waals surface area contributed by atoms with E-state index in [-0.39, 0.29) is 0 Å². The molecule has 0 radical (unpaired) electrons. The highest BCUT2D eigenvalue weighted by Crippen LogP contribution is 2.31. The minimum Gasteiger partial charge on any atom is -0.341 e. The minimum absolute atomic E-state index is 0.590. The zero-order valence-corrected chi connectivity index (χ0v) is 18.6. The predicted molar refractivity (Wildman–Crippen MR) is 122 cm³/mol. The number of anilines is 1. The Balaban J connectivity index is 1.28. The first kappa shape index (κ1) is 20.2. The standard InChI is InChI=1S/C24H32ClN5/c1-18-8-11-26-24(27-18)28-13-9-21(10-14-28)30-17-22-3-2-12-29(22)16-23(30)15-19-4-6-20(25)7-5-19/h4-8,11,21-23H,2-3,9-10,12-17H2,1H3/t22-,23-/m0/s1. The summed E-state index contributed by atoms with van der Waals surface area (Å²) in [4.78, 5) is 17.1. The molecule has 2 atom stereocenters. The van der Waals surface area contributed by atoms with Crippen molar-refractivity contribution in [2.24, 2.45) is 0 Å². The van der Waals surface area contributed by atoms with Crippen LogP contribution in [0.4, 0.5) is 5.95 Å². The monoisotopic (exact) mass is 425 g/mol. The Labute approximate surface area is 185 Å². The first-order valence-electron chi connectivity index (χ1n) is 11.4. The number of nitrogens with zero attached hydrogens (tertiary/aromatic N) is 5. The third kappa shape index (κ3) is 4.34. The Morgan fingerprint density at radius 1 is 0.967 bits per heavy atom. The fourth-order valence-electron chi connectivity index (χ4n) is 5.62. The number of hydrogen-bond acceptors (Lipinski definition) is 5. The molecule has 30 heavy (non-hydrogen) atoms. The molecule has 1 aromatic heterocycles. The normalized spacial score (nSPS) is 26.1. The van der Waals surface area contributed by atoms with Crippen molar-refractivity contribution in [3.05, 3.63) is 52.8 Å². The Morgan fingerprint density at radius 2 is 1.77 bits per heavy atom. The van der Waals surface area contributed by atoms with Gasteiger partial charge in [-0.15, -0.1) is 0 Å². The molecule has 4 heterocycles. The number of piperazine rings is 1. The van der Waals surface area contributed by atoms with E-state index in [0.29, 0.717) is 12.1 Å². The number of rotatable bonds is 4. The summed E-state index contributed by atoms with van der Waals surface area (Å²) in [5.41, 5.74) is 2.44. The maximum absolute atomic E-state index is 6.12. The molecule has 2 aromatic rings. The number of halogens is 1. The molecular weight excluding hydrogens is 394 g/mol. The molecule has 5 rings (SSSR count). The molecule has 0 saturated carbocycles. The lowest BCUT2D eigenvalue weighted by molar-refractivity contribution is 0.0126. The van der Waals surface area contributed by atoms with Gasteiger partial charge in [-0.05, 0) is 69.3 Å². The predicted octanol–water partition coefficient (Wildman–Crippen LogP) is 3.80. The lowest BCUT2D eigenvalue weighted by Gasteiger charge is -2.49. The molecule has 3 aliphatic heterocycles.